The van der Waals surface area contributed by atoms with Gasteiger partial charge in [0.1, 0.15) is 12.1 Å². The molecule has 0 bridgehead atoms. The zero-order valence-corrected chi connectivity index (χ0v) is 5.14. The lowest BCUT2D eigenvalue weighted by Crippen LogP contribution is -2.78. The molecule has 0 radical (unpaired) electrons. The van der Waals surface area contributed by atoms with Crippen LogP contribution in [0.25, 0.3) is 0 Å². The summed E-state index contributed by atoms with van der Waals surface area (Å²) in [5.74, 6) is 0. The Morgan fingerprint density at radius 3 is 2.38 bits per heavy atom. The predicted molar refractivity (Wildman–Crippen MR) is 30.2 cm³/mol. The third-order valence-corrected chi connectivity index (χ3v) is 1.39. The summed E-state index contributed by atoms with van der Waals surface area (Å²) >= 11 is 0. The summed E-state index contributed by atoms with van der Waals surface area (Å²) in [5, 5.41) is 0. The Balaban J connectivity index is 2.56. The highest BCUT2D eigenvalue weighted by Crippen LogP contribution is 1.94. The van der Waals surface area contributed by atoms with Gasteiger partial charge in [0.15, 0.2) is 0 Å². The van der Waals surface area contributed by atoms with Crippen molar-refractivity contribution in [2.75, 3.05) is 0 Å². The van der Waals surface area contributed by atoms with Crippen molar-refractivity contribution in [1.29, 1.82) is 0 Å². The third kappa shape index (κ3) is 0.757. The molecule has 2 unspecified atom stereocenters. The molecule has 0 aromatic rings. The lowest BCUT2D eigenvalue weighted by atomic mass is 10.2. The number of nitrogens with two attached hydrogens (primary N) is 1. The first kappa shape index (κ1) is 5.41. The molecule has 0 saturated heterocycles. The fraction of sp³-hybridized carbons (Fsp3) is 0.800. The van der Waals surface area contributed by atoms with Gasteiger partial charge in [-0.3, -0.25) is 5.73 Å². The topological polar surface area (TPSA) is 49.2 Å². The summed E-state index contributed by atoms with van der Waals surface area (Å²) < 4.78 is 5.06. The molecule has 0 aromatic carbocycles. The molecule has 0 spiro atoms. The normalized spacial score (nSPS) is 36.5. The van der Waals surface area contributed by atoms with Gasteiger partial charge in [0.05, 0.1) is 0 Å². The smallest absolute Gasteiger partial charge is 0.424 e. The van der Waals surface area contributed by atoms with E-state index in [0.29, 0.717) is 12.1 Å². The van der Waals surface area contributed by atoms with E-state index >= 15 is 0 Å². The van der Waals surface area contributed by atoms with Crippen molar-refractivity contribution in [3.63, 3.8) is 0 Å². The van der Waals surface area contributed by atoms with Crippen LogP contribution in [-0.2, 0) is 4.74 Å². The summed E-state index contributed by atoms with van der Waals surface area (Å²) in [5.41, 5.74) is 5.30. The summed E-state index contributed by atoms with van der Waals surface area (Å²) in [6, 6.07) is 0.806. The van der Waals surface area contributed by atoms with E-state index in [1.807, 2.05) is 13.8 Å². The molecule has 1 aliphatic rings. The first-order valence-corrected chi connectivity index (χ1v) is 2.76. The number of amidine groups is 1. The van der Waals surface area contributed by atoms with Gasteiger partial charge >= 0.3 is 6.02 Å². The van der Waals surface area contributed by atoms with Crippen LogP contribution in [0.15, 0.2) is 0 Å². The van der Waals surface area contributed by atoms with Crippen LogP contribution < -0.4 is 10.7 Å². The Morgan fingerprint density at radius 2 is 2.25 bits per heavy atom. The molecular formula is C5H11N2O+. The second-order valence-corrected chi connectivity index (χ2v) is 2.12. The van der Waals surface area contributed by atoms with Crippen molar-refractivity contribution in [2.24, 2.45) is 5.73 Å². The molecule has 1 rings (SSSR count). The van der Waals surface area contributed by atoms with Crippen molar-refractivity contribution in [3.8, 4) is 0 Å². The Hall–Kier alpha value is -0.730. The van der Waals surface area contributed by atoms with Gasteiger partial charge < -0.3 is 4.74 Å². The minimum absolute atomic E-state index is 0.218. The lowest BCUT2D eigenvalue weighted by molar-refractivity contribution is -0.490. The van der Waals surface area contributed by atoms with Crippen LogP contribution in [0.1, 0.15) is 13.8 Å². The first-order valence-electron chi connectivity index (χ1n) is 2.76. The summed E-state index contributed by atoms with van der Waals surface area (Å²) in [7, 11) is 0. The van der Waals surface area contributed by atoms with Gasteiger partial charge in [0, 0.05) is 0 Å². The fourth-order valence-electron chi connectivity index (χ4n) is 0.678. The van der Waals surface area contributed by atoms with E-state index in [1.54, 1.807) is 0 Å². The Bertz CT molecular complexity index is 122. The molecule has 0 aromatic heterocycles. The SMILES string of the molecule is CC1[NH+]=C(N)OC1C. The van der Waals surface area contributed by atoms with Crippen LogP contribution in [0, 0.1) is 0 Å². The second kappa shape index (κ2) is 1.65. The number of hydrogen-bond donors (Lipinski definition) is 2. The van der Waals surface area contributed by atoms with E-state index in [1.165, 1.54) is 0 Å². The Labute approximate surface area is 48.5 Å². The van der Waals surface area contributed by atoms with Crippen LogP contribution in [0.4, 0.5) is 0 Å². The van der Waals surface area contributed by atoms with Gasteiger partial charge in [0.2, 0.25) is 0 Å². The standard InChI is InChI=1S/C5H10N2O/c1-3-4(2)8-5(6)7-3/h3-4H,1-2H3,(H2,6,7)/p+1. The first-order chi connectivity index (χ1) is 3.70. The van der Waals surface area contributed by atoms with Crippen LogP contribution in [-0.4, -0.2) is 18.2 Å². The zero-order valence-electron chi connectivity index (χ0n) is 5.14. The summed E-state index contributed by atoms with van der Waals surface area (Å²) in [6.45, 7) is 4.02. The van der Waals surface area contributed by atoms with Crippen LogP contribution in [0.5, 0.6) is 0 Å². The molecule has 3 N–H and O–H groups in total. The molecule has 8 heavy (non-hydrogen) atoms. The molecule has 3 heteroatoms. The van der Waals surface area contributed by atoms with Crippen LogP contribution in [0.2, 0.25) is 0 Å². The highest BCUT2D eigenvalue weighted by molar-refractivity contribution is 5.65. The molecule has 46 valence electrons. The van der Waals surface area contributed by atoms with E-state index < -0.39 is 0 Å². The van der Waals surface area contributed by atoms with Crippen LogP contribution >= 0.6 is 0 Å². The third-order valence-electron chi connectivity index (χ3n) is 1.39. The number of hydrogen-bond acceptors (Lipinski definition) is 2. The minimum atomic E-state index is 0.218. The molecule has 2 atom stereocenters. The summed E-state index contributed by atoms with van der Waals surface area (Å²) in [4.78, 5) is 2.94. The molecule has 1 aliphatic heterocycles. The highest BCUT2D eigenvalue weighted by Gasteiger charge is 2.24. The monoisotopic (exact) mass is 115 g/mol. The van der Waals surface area contributed by atoms with Crippen molar-refractivity contribution in [1.82, 2.24) is 0 Å². The van der Waals surface area contributed by atoms with Crippen molar-refractivity contribution in [3.05, 3.63) is 0 Å². The molecule has 0 amide bonds. The van der Waals surface area contributed by atoms with Crippen LogP contribution in [0.3, 0.4) is 0 Å². The average Bonchev–Trinajstić information content (AvgIpc) is 1.85. The number of ether oxygens (including phenoxy) is 1. The van der Waals surface area contributed by atoms with Crippen molar-refractivity contribution in [2.45, 2.75) is 26.0 Å². The van der Waals surface area contributed by atoms with Gasteiger partial charge in [-0.25, -0.2) is 4.99 Å². The second-order valence-electron chi connectivity index (χ2n) is 2.12. The van der Waals surface area contributed by atoms with E-state index in [-0.39, 0.29) is 6.10 Å². The maximum atomic E-state index is 5.30. The van der Waals surface area contributed by atoms with Gasteiger partial charge in [-0.2, -0.15) is 0 Å². The van der Waals surface area contributed by atoms with E-state index in [4.69, 9.17) is 10.5 Å². The zero-order chi connectivity index (χ0) is 6.15. The molecule has 3 nitrogen and oxygen atoms in total. The summed E-state index contributed by atoms with van der Waals surface area (Å²) in [6.07, 6.45) is 0.218. The molecule has 0 fully saturated rings. The molecule has 0 saturated carbocycles. The maximum absolute atomic E-state index is 5.30. The highest BCUT2D eigenvalue weighted by atomic mass is 16.5. The largest absolute Gasteiger partial charge is 0.440 e. The maximum Gasteiger partial charge on any atom is 0.440 e. The molecular weight excluding hydrogens is 104 g/mol. The minimum Gasteiger partial charge on any atom is -0.424 e. The van der Waals surface area contributed by atoms with Gasteiger partial charge in [-0.15, -0.1) is 0 Å². The quantitative estimate of drug-likeness (QED) is 0.391. The van der Waals surface area contributed by atoms with E-state index in [0.717, 1.165) is 0 Å². The van der Waals surface area contributed by atoms with Gasteiger partial charge in [-0.05, 0) is 13.8 Å². The molecule has 0 aliphatic carbocycles. The average molecular weight is 115 g/mol. The lowest BCUT2D eigenvalue weighted by Gasteiger charge is -2.01. The molecule has 1 heterocycles. The Morgan fingerprint density at radius 1 is 1.62 bits per heavy atom. The number of nitrogens with one attached hydrogen (secondary N) is 1. The predicted octanol–water partition coefficient (Wildman–Crippen LogP) is -1.81. The van der Waals surface area contributed by atoms with E-state index in [9.17, 15) is 0 Å². The fourth-order valence-corrected chi connectivity index (χ4v) is 0.678. The van der Waals surface area contributed by atoms with Gasteiger partial charge in [-0.1, -0.05) is 0 Å². The van der Waals surface area contributed by atoms with Crippen molar-refractivity contribution >= 4 is 6.02 Å². The van der Waals surface area contributed by atoms with Gasteiger partial charge in [0.25, 0.3) is 0 Å². The number of rotatable bonds is 0. The Kier molecular flexibility index (Phi) is 1.12. The van der Waals surface area contributed by atoms with Crippen molar-refractivity contribution < 1.29 is 9.73 Å². The van der Waals surface area contributed by atoms with E-state index in [2.05, 4.69) is 4.99 Å².